The molecule has 0 unspecified atom stereocenters. The molecule has 1 aliphatic carbocycles. The number of hydrogen-bond acceptors (Lipinski definition) is 4. The number of carbonyl (C=O) groups is 1. The van der Waals surface area contributed by atoms with Gasteiger partial charge >= 0.3 is 6.03 Å². The lowest BCUT2D eigenvalue weighted by Crippen LogP contribution is -2.28. The summed E-state index contributed by atoms with van der Waals surface area (Å²) in [6, 6.07) is 7.78. The van der Waals surface area contributed by atoms with Crippen LogP contribution in [0, 0.1) is 6.92 Å². The fraction of sp³-hybridized carbons (Fsp3) is 0.412. The van der Waals surface area contributed by atoms with Gasteiger partial charge in [-0.2, -0.15) is 0 Å². The molecule has 23 heavy (non-hydrogen) atoms. The van der Waals surface area contributed by atoms with E-state index in [1.54, 1.807) is 0 Å². The van der Waals surface area contributed by atoms with Crippen molar-refractivity contribution in [3.05, 3.63) is 42.1 Å². The van der Waals surface area contributed by atoms with E-state index in [-0.39, 0.29) is 6.03 Å². The molecule has 1 aromatic carbocycles. The van der Waals surface area contributed by atoms with E-state index in [1.807, 2.05) is 30.8 Å². The number of nitrogens with zero attached hydrogens (tertiary/aromatic N) is 1. The molecule has 1 heterocycles. The summed E-state index contributed by atoms with van der Waals surface area (Å²) in [5, 5.41) is 6.35. The van der Waals surface area contributed by atoms with Gasteiger partial charge in [0.25, 0.3) is 0 Å². The molecule has 0 aliphatic heterocycles. The fourth-order valence-electron chi connectivity index (χ4n) is 2.65. The first-order valence-electron chi connectivity index (χ1n) is 7.91. The second kappa shape index (κ2) is 7.55. The Balaban J connectivity index is 1.47. The summed E-state index contributed by atoms with van der Waals surface area (Å²) in [6.45, 7) is 2.17. The lowest BCUT2D eigenvalue weighted by molar-refractivity contribution is 0.251. The number of amides is 2. The Bertz CT molecular complexity index is 648. The zero-order chi connectivity index (χ0) is 16.1. The van der Waals surface area contributed by atoms with E-state index in [0.29, 0.717) is 6.54 Å². The van der Waals surface area contributed by atoms with Gasteiger partial charge in [0.2, 0.25) is 0 Å². The molecule has 2 aromatic rings. The van der Waals surface area contributed by atoms with Gasteiger partial charge in [-0.05, 0) is 44.0 Å². The average Bonchev–Trinajstić information content (AvgIpc) is 3.19. The number of hydrogen-bond donors (Lipinski definition) is 2. The first-order valence-corrected chi connectivity index (χ1v) is 8.79. The van der Waals surface area contributed by atoms with Gasteiger partial charge in [0.05, 0.1) is 6.54 Å². The third kappa shape index (κ3) is 4.51. The van der Waals surface area contributed by atoms with Crippen LogP contribution in [0.3, 0.4) is 0 Å². The Hall–Kier alpha value is -1.95. The van der Waals surface area contributed by atoms with E-state index < -0.39 is 0 Å². The quantitative estimate of drug-likeness (QED) is 0.855. The standard InChI is InChI=1S/C17H21N3O2S/c1-12-16(19-11-22-12)10-18-17(21)20-13-6-8-15(9-7-13)23-14-4-2-3-5-14/h6-9,11,14H,2-5,10H2,1H3,(H2,18,20,21). The molecule has 1 fully saturated rings. The minimum Gasteiger partial charge on any atom is -0.448 e. The monoisotopic (exact) mass is 331 g/mol. The molecule has 0 bridgehead atoms. The van der Waals surface area contributed by atoms with Crippen molar-refractivity contribution in [2.24, 2.45) is 0 Å². The van der Waals surface area contributed by atoms with Crippen molar-refractivity contribution >= 4 is 23.5 Å². The SMILES string of the molecule is Cc1ocnc1CNC(=O)Nc1ccc(SC2CCCC2)cc1. The molecule has 0 radical (unpaired) electrons. The largest absolute Gasteiger partial charge is 0.448 e. The Kier molecular flexibility index (Phi) is 5.23. The molecule has 0 atom stereocenters. The van der Waals surface area contributed by atoms with Gasteiger partial charge in [-0.25, -0.2) is 9.78 Å². The van der Waals surface area contributed by atoms with Crippen LogP contribution >= 0.6 is 11.8 Å². The van der Waals surface area contributed by atoms with Crippen LogP contribution in [0.25, 0.3) is 0 Å². The van der Waals surface area contributed by atoms with E-state index >= 15 is 0 Å². The molecule has 0 saturated heterocycles. The maximum Gasteiger partial charge on any atom is 0.319 e. The predicted molar refractivity (Wildman–Crippen MR) is 91.7 cm³/mol. The first kappa shape index (κ1) is 15.9. The van der Waals surface area contributed by atoms with Crippen molar-refractivity contribution in [3.8, 4) is 0 Å². The Morgan fingerprint density at radius 3 is 2.70 bits per heavy atom. The summed E-state index contributed by atoms with van der Waals surface area (Å²) in [6.07, 6.45) is 6.71. The number of benzene rings is 1. The predicted octanol–water partition coefficient (Wildman–Crippen LogP) is 4.34. The topological polar surface area (TPSA) is 67.2 Å². The summed E-state index contributed by atoms with van der Waals surface area (Å²) in [4.78, 5) is 17.2. The molecule has 122 valence electrons. The number of nitrogens with one attached hydrogen (secondary N) is 2. The maximum absolute atomic E-state index is 11.9. The molecule has 3 rings (SSSR count). The van der Waals surface area contributed by atoms with Gasteiger partial charge in [-0.1, -0.05) is 12.8 Å². The second-order valence-corrected chi connectivity index (χ2v) is 7.09. The zero-order valence-corrected chi connectivity index (χ0v) is 14.0. The lowest BCUT2D eigenvalue weighted by atomic mass is 10.3. The minimum atomic E-state index is -0.247. The molecule has 0 spiro atoms. The van der Waals surface area contributed by atoms with Crippen LogP contribution in [0.2, 0.25) is 0 Å². The summed E-state index contributed by atoms with van der Waals surface area (Å²) in [5.74, 6) is 0.721. The van der Waals surface area contributed by atoms with E-state index in [2.05, 4.69) is 27.8 Å². The number of rotatable bonds is 5. The van der Waals surface area contributed by atoms with E-state index in [4.69, 9.17) is 4.42 Å². The van der Waals surface area contributed by atoms with Gasteiger partial charge in [0.15, 0.2) is 6.39 Å². The second-order valence-electron chi connectivity index (χ2n) is 5.71. The van der Waals surface area contributed by atoms with Gasteiger partial charge in [-0.3, -0.25) is 0 Å². The van der Waals surface area contributed by atoms with Crippen LogP contribution in [-0.2, 0) is 6.54 Å². The van der Waals surface area contributed by atoms with Crippen LogP contribution in [0.1, 0.15) is 37.1 Å². The Morgan fingerprint density at radius 1 is 1.30 bits per heavy atom. The molecule has 1 aliphatic rings. The van der Waals surface area contributed by atoms with Crippen LogP contribution < -0.4 is 10.6 Å². The third-order valence-corrected chi connectivity index (χ3v) is 5.33. The minimum absolute atomic E-state index is 0.247. The van der Waals surface area contributed by atoms with E-state index in [0.717, 1.165) is 22.4 Å². The lowest BCUT2D eigenvalue weighted by Gasteiger charge is -2.10. The van der Waals surface area contributed by atoms with Crippen molar-refractivity contribution in [1.82, 2.24) is 10.3 Å². The van der Waals surface area contributed by atoms with Crippen LogP contribution in [0.4, 0.5) is 10.5 Å². The number of carbonyl (C=O) groups excluding carboxylic acids is 1. The molecule has 1 aromatic heterocycles. The van der Waals surface area contributed by atoms with Crippen molar-refractivity contribution in [2.45, 2.75) is 49.3 Å². The molecular weight excluding hydrogens is 310 g/mol. The highest BCUT2D eigenvalue weighted by atomic mass is 32.2. The normalized spacial score (nSPS) is 14.8. The molecule has 2 amide bonds. The highest BCUT2D eigenvalue weighted by molar-refractivity contribution is 8.00. The summed E-state index contributed by atoms with van der Waals surface area (Å²) in [7, 11) is 0. The fourth-order valence-corrected chi connectivity index (χ4v) is 3.90. The first-order chi connectivity index (χ1) is 11.2. The van der Waals surface area contributed by atoms with Gasteiger partial charge in [-0.15, -0.1) is 11.8 Å². The van der Waals surface area contributed by atoms with Crippen LogP contribution in [0.5, 0.6) is 0 Å². The number of oxazole rings is 1. The van der Waals surface area contributed by atoms with Crippen LogP contribution in [0.15, 0.2) is 40.0 Å². The average molecular weight is 331 g/mol. The summed E-state index contributed by atoms with van der Waals surface area (Å²) in [5.41, 5.74) is 1.53. The summed E-state index contributed by atoms with van der Waals surface area (Å²) < 4.78 is 5.10. The number of thioether (sulfide) groups is 1. The molecule has 1 saturated carbocycles. The summed E-state index contributed by atoms with van der Waals surface area (Å²) >= 11 is 1.94. The van der Waals surface area contributed by atoms with Crippen molar-refractivity contribution in [1.29, 1.82) is 0 Å². The smallest absolute Gasteiger partial charge is 0.319 e. The number of urea groups is 1. The number of aryl methyl sites for hydroxylation is 1. The van der Waals surface area contributed by atoms with Crippen LogP contribution in [-0.4, -0.2) is 16.3 Å². The highest BCUT2D eigenvalue weighted by Crippen LogP contribution is 2.34. The molecule has 2 N–H and O–H groups in total. The third-order valence-electron chi connectivity index (χ3n) is 3.98. The maximum atomic E-state index is 11.9. The van der Waals surface area contributed by atoms with Crippen molar-refractivity contribution < 1.29 is 9.21 Å². The van der Waals surface area contributed by atoms with Gasteiger partial charge in [0.1, 0.15) is 11.5 Å². The molecular formula is C17H21N3O2S. The van der Waals surface area contributed by atoms with E-state index in [1.165, 1.54) is 37.0 Å². The van der Waals surface area contributed by atoms with Crippen molar-refractivity contribution in [3.63, 3.8) is 0 Å². The van der Waals surface area contributed by atoms with Gasteiger partial charge in [0, 0.05) is 15.8 Å². The number of anilines is 1. The number of aromatic nitrogens is 1. The van der Waals surface area contributed by atoms with Gasteiger partial charge < -0.3 is 15.1 Å². The molecule has 6 heteroatoms. The van der Waals surface area contributed by atoms with E-state index in [9.17, 15) is 4.79 Å². The highest BCUT2D eigenvalue weighted by Gasteiger charge is 2.16. The molecule has 5 nitrogen and oxygen atoms in total. The zero-order valence-electron chi connectivity index (χ0n) is 13.2. The van der Waals surface area contributed by atoms with Crippen molar-refractivity contribution in [2.75, 3.05) is 5.32 Å². The Morgan fingerprint density at radius 2 is 2.04 bits per heavy atom. The Labute approximate surface area is 140 Å².